The van der Waals surface area contributed by atoms with Gasteiger partial charge in [-0.15, -0.1) is 0 Å². The van der Waals surface area contributed by atoms with E-state index in [0.717, 1.165) is 32.1 Å². The van der Waals surface area contributed by atoms with E-state index in [2.05, 4.69) is 5.32 Å². The van der Waals surface area contributed by atoms with Crippen LogP contribution in [-0.2, 0) is 23.9 Å². The molecule has 0 radical (unpaired) electrons. The highest BCUT2D eigenvalue weighted by Crippen LogP contribution is 2.29. The lowest BCUT2D eigenvalue weighted by atomic mass is 9.85. The van der Waals surface area contributed by atoms with Crippen molar-refractivity contribution in [3.05, 3.63) is 39.9 Å². The second kappa shape index (κ2) is 10.5. The number of hydrogen-bond acceptors (Lipinski definition) is 7. The Bertz CT molecular complexity index is 742. The van der Waals surface area contributed by atoms with E-state index in [1.54, 1.807) is 0 Å². The van der Waals surface area contributed by atoms with Crippen molar-refractivity contribution in [1.29, 1.82) is 0 Å². The molecule has 2 rings (SSSR count). The van der Waals surface area contributed by atoms with Crippen LogP contribution in [-0.4, -0.2) is 43.0 Å². The Morgan fingerprint density at radius 2 is 1.72 bits per heavy atom. The number of esters is 2. The molecule has 0 saturated heterocycles. The number of nitrogens with one attached hydrogen (secondary N) is 1. The highest BCUT2D eigenvalue weighted by molar-refractivity contribution is 5.87. The number of non-ortho nitro benzene ring substituents is 1. The van der Waals surface area contributed by atoms with E-state index in [-0.39, 0.29) is 23.9 Å². The number of hydrogen-bond donors (Lipinski definition) is 1. The van der Waals surface area contributed by atoms with E-state index < -0.39 is 28.8 Å². The number of nitro groups is 1. The molecule has 0 aliphatic heterocycles. The van der Waals surface area contributed by atoms with Crippen molar-refractivity contribution in [2.24, 2.45) is 5.92 Å². The van der Waals surface area contributed by atoms with Gasteiger partial charge in [0.1, 0.15) is 6.04 Å². The van der Waals surface area contributed by atoms with Crippen LogP contribution in [0.5, 0.6) is 0 Å². The van der Waals surface area contributed by atoms with Gasteiger partial charge in [-0.1, -0.05) is 31.4 Å². The summed E-state index contributed by atoms with van der Waals surface area (Å²) in [6, 6.07) is 4.39. The van der Waals surface area contributed by atoms with Gasteiger partial charge in [0.25, 0.3) is 5.69 Å². The van der Waals surface area contributed by atoms with Crippen LogP contribution >= 0.6 is 0 Å². The van der Waals surface area contributed by atoms with Gasteiger partial charge < -0.3 is 14.8 Å². The van der Waals surface area contributed by atoms with Crippen molar-refractivity contribution in [3.63, 3.8) is 0 Å². The van der Waals surface area contributed by atoms with Gasteiger partial charge in [0.05, 0.1) is 25.6 Å². The molecule has 1 aromatic rings. The van der Waals surface area contributed by atoms with Crippen molar-refractivity contribution in [1.82, 2.24) is 5.32 Å². The molecule has 158 valence electrons. The van der Waals surface area contributed by atoms with E-state index in [1.165, 1.54) is 38.5 Å². The number of carbonyl (C=O) groups excluding carboxylic acids is 3. The van der Waals surface area contributed by atoms with Gasteiger partial charge in [-0.3, -0.25) is 19.7 Å². The predicted octanol–water partition coefficient (Wildman–Crippen LogP) is 2.48. The molecule has 29 heavy (non-hydrogen) atoms. The fraction of sp³-hybridized carbons (Fsp3) is 0.550. The van der Waals surface area contributed by atoms with Crippen LogP contribution in [0.4, 0.5) is 5.69 Å². The van der Waals surface area contributed by atoms with Crippen LogP contribution in [0.25, 0.3) is 0 Å². The van der Waals surface area contributed by atoms with Gasteiger partial charge in [-0.05, 0) is 18.4 Å². The molecule has 0 aromatic heterocycles. The number of carbonyl (C=O) groups is 3. The molecule has 0 bridgehead atoms. The first-order valence-corrected chi connectivity index (χ1v) is 9.56. The number of nitro benzene ring substituents is 1. The summed E-state index contributed by atoms with van der Waals surface area (Å²) in [4.78, 5) is 47.6. The first-order valence-electron chi connectivity index (χ1n) is 9.56. The van der Waals surface area contributed by atoms with Crippen molar-refractivity contribution in [3.8, 4) is 0 Å². The minimum absolute atomic E-state index is 0.119. The summed E-state index contributed by atoms with van der Waals surface area (Å²) in [5.41, 5.74) is 0.367. The lowest BCUT2D eigenvalue weighted by Crippen LogP contribution is -2.48. The lowest BCUT2D eigenvalue weighted by Gasteiger charge is -2.28. The molecule has 1 N–H and O–H groups in total. The highest BCUT2D eigenvalue weighted by Gasteiger charge is 2.36. The van der Waals surface area contributed by atoms with Gasteiger partial charge in [-0.2, -0.15) is 0 Å². The van der Waals surface area contributed by atoms with E-state index in [1.807, 2.05) is 0 Å². The molecule has 1 saturated carbocycles. The third-order valence-corrected chi connectivity index (χ3v) is 5.28. The smallest absolute Gasteiger partial charge is 0.329 e. The largest absolute Gasteiger partial charge is 0.469 e. The number of ether oxygens (including phenoxy) is 2. The highest BCUT2D eigenvalue weighted by atomic mass is 16.6. The maximum atomic E-state index is 12.7. The normalized spacial score (nSPS) is 16.3. The SMILES string of the molecule is COC(=O)C[C@H](c1ccc([N+](=O)[O-])cc1)[C@H](NC(=O)C1CCCCC1)C(=O)OC. The summed E-state index contributed by atoms with van der Waals surface area (Å²) in [7, 11) is 2.43. The Labute approximate surface area is 168 Å². The number of benzene rings is 1. The predicted molar refractivity (Wildman–Crippen MR) is 103 cm³/mol. The van der Waals surface area contributed by atoms with Crippen LogP contribution in [0.15, 0.2) is 24.3 Å². The summed E-state index contributed by atoms with van der Waals surface area (Å²) in [5, 5.41) is 13.7. The molecule has 1 aliphatic carbocycles. The zero-order valence-electron chi connectivity index (χ0n) is 16.6. The summed E-state index contributed by atoms with van der Waals surface area (Å²) in [6.07, 6.45) is 4.29. The monoisotopic (exact) mass is 406 g/mol. The summed E-state index contributed by atoms with van der Waals surface area (Å²) < 4.78 is 9.60. The van der Waals surface area contributed by atoms with Gasteiger partial charge in [0.15, 0.2) is 0 Å². The van der Waals surface area contributed by atoms with Gasteiger partial charge >= 0.3 is 11.9 Å². The third-order valence-electron chi connectivity index (χ3n) is 5.28. The fourth-order valence-corrected chi connectivity index (χ4v) is 3.62. The Kier molecular flexibility index (Phi) is 8.11. The second-order valence-electron chi connectivity index (χ2n) is 7.08. The summed E-state index contributed by atoms with van der Waals surface area (Å²) >= 11 is 0. The number of methoxy groups -OCH3 is 2. The molecule has 2 atom stereocenters. The third kappa shape index (κ3) is 6.00. The quantitative estimate of drug-likeness (QED) is 0.399. The maximum absolute atomic E-state index is 12.7. The Morgan fingerprint density at radius 1 is 1.10 bits per heavy atom. The van der Waals surface area contributed by atoms with Crippen LogP contribution < -0.4 is 5.32 Å². The molecule has 9 heteroatoms. The van der Waals surface area contributed by atoms with Gasteiger partial charge in [-0.25, -0.2) is 4.79 Å². The maximum Gasteiger partial charge on any atom is 0.329 e. The minimum Gasteiger partial charge on any atom is -0.469 e. The van der Waals surface area contributed by atoms with Gasteiger partial charge in [0.2, 0.25) is 5.91 Å². The molecule has 0 spiro atoms. The van der Waals surface area contributed by atoms with Crippen molar-refractivity contribution < 1.29 is 28.8 Å². The summed E-state index contributed by atoms with van der Waals surface area (Å²) in [5.74, 6) is -2.50. The van der Waals surface area contributed by atoms with Crippen LogP contribution in [0.3, 0.4) is 0 Å². The number of amides is 1. The molecule has 1 aliphatic rings. The number of rotatable bonds is 8. The zero-order valence-corrected chi connectivity index (χ0v) is 16.6. The first-order chi connectivity index (χ1) is 13.9. The van der Waals surface area contributed by atoms with E-state index in [9.17, 15) is 24.5 Å². The van der Waals surface area contributed by atoms with Crippen molar-refractivity contribution >= 4 is 23.5 Å². The average molecular weight is 406 g/mol. The summed E-state index contributed by atoms with van der Waals surface area (Å²) in [6.45, 7) is 0. The molecule has 1 amide bonds. The van der Waals surface area contributed by atoms with E-state index in [0.29, 0.717) is 5.56 Å². The fourth-order valence-electron chi connectivity index (χ4n) is 3.62. The average Bonchev–Trinajstić information content (AvgIpc) is 2.75. The number of nitrogens with zero attached hydrogens (tertiary/aromatic N) is 1. The second-order valence-corrected chi connectivity index (χ2v) is 7.08. The van der Waals surface area contributed by atoms with Crippen LogP contribution in [0, 0.1) is 16.0 Å². The van der Waals surface area contributed by atoms with Crippen molar-refractivity contribution in [2.45, 2.75) is 50.5 Å². The van der Waals surface area contributed by atoms with Crippen LogP contribution in [0.2, 0.25) is 0 Å². The van der Waals surface area contributed by atoms with E-state index in [4.69, 9.17) is 9.47 Å². The standard InChI is InChI=1S/C20H26N2O7/c1-28-17(23)12-16(13-8-10-15(11-9-13)22(26)27)18(20(25)29-2)21-19(24)14-6-4-3-5-7-14/h8-11,14,16,18H,3-7,12H2,1-2H3,(H,21,24)/t16-,18+/m1/s1. The first kappa shape index (κ1) is 22.3. The Morgan fingerprint density at radius 3 is 2.24 bits per heavy atom. The Hall–Kier alpha value is -2.97. The molecule has 1 aromatic carbocycles. The zero-order chi connectivity index (χ0) is 21.4. The van der Waals surface area contributed by atoms with Gasteiger partial charge in [0, 0.05) is 24.0 Å². The molecule has 1 fully saturated rings. The van der Waals surface area contributed by atoms with Crippen molar-refractivity contribution in [2.75, 3.05) is 14.2 Å². The topological polar surface area (TPSA) is 125 Å². The van der Waals surface area contributed by atoms with E-state index >= 15 is 0 Å². The molecule has 9 nitrogen and oxygen atoms in total. The molecule has 0 heterocycles. The Balaban J connectivity index is 2.32. The van der Waals surface area contributed by atoms with Crippen LogP contribution in [0.1, 0.15) is 50.0 Å². The minimum atomic E-state index is -1.12. The molecular formula is C20H26N2O7. The lowest BCUT2D eigenvalue weighted by molar-refractivity contribution is -0.384. The molecule has 0 unspecified atom stereocenters. The molecular weight excluding hydrogens is 380 g/mol.